The van der Waals surface area contributed by atoms with Crippen LogP contribution in [-0.4, -0.2) is 0 Å². The summed E-state index contributed by atoms with van der Waals surface area (Å²) in [7, 11) is 0. The molecule has 0 fully saturated rings. The predicted molar refractivity (Wildman–Crippen MR) is 45.3 cm³/mol. The fourth-order valence-electron chi connectivity index (χ4n) is 0.495. The van der Waals surface area contributed by atoms with Crippen LogP contribution < -0.4 is 0 Å². The van der Waals surface area contributed by atoms with Gasteiger partial charge in [0.1, 0.15) is 0 Å². The first kappa shape index (κ1) is 17.9. The molecule has 0 heterocycles. The van der Waals surface area contributed by atoms with E-state index in [0.717, 1.165) is 6.07 Å². The molecule has 1 nitrogen and oxygen atoms in total. The number of nitrogens with zero attached hydrogens (tertiary/aromatic N) is 1. The van der Waals surface area contributed by atoms with Gasteiger partial charge in [0.25, 0.3) is 0 Å². The third kappa shape index (κ3) is 5.55. The molecule has 0 aromatic heterocycles. The normalized spacial score (nSPS) is 8.00. The topological polar surface area (TPSA) is 23.8 Å². The fraction of sp³-hybridized carbons (Fsp3) is 0.125. The molecular formula is C8H3BrF5NPd. The second-order valence-electron chi connectivity index (χ2n) is 1.92. The molecule has 8 heteroatoms. The molecule has 0 unspecified atom stereocenters. The Kier molecular flexibility index (Phi) is 10.9. The van der Waals surface area contributed by atoms with Crippen molar-refractivity contribution in [2.24, 2.45) is 0 Å². The first-order chi connectivity index (χ1) is 7.45. The second-order valence-corrected chi connectivity index (χ2v) is 1.92. The summed E-state index contributed by atoms with van der Waals surface area (Å²) in [4.78, 5) is 0. The third-order valence-corrected chi connectivity index (χ3v) is 0.990. The van der Waals surface area contributed by atoms with E-state index in [9.17, 15) is 22.0 Å². The first-order valence-electron chi connectivity index (χ1n) is 3.29. The van der Waals surface area contributed by atoms with E-state index in [2.05, 4.69) is 30.6 Å². The van der Waals surface area contributed by atoms with E-state index >= 15 is 0 Å². The van der Waals surface area contributed by atoms with Crippen LogP contribution in [0.2, 0.25) is 0 Å². The van der Waals surface area contributed by atoms with E-state index in [1.54, 1.807) is 6.07 Å². The van der Waals surface area contributed by atoms with Crippen molar-refractivity contribution in [1.82, 2.24) is 0 Å². The maximum atomic E-state index is 12.0. The van der Waals surface area contributed by atoms with Gasteiger partial charge >= 0.3 is 30.6 Å². The van der Waals surface area contributed by atoms with Crippen LogP contribution in [-0.2, 0) is 17.2 Å². The number of hydrogen-bond acceptors (Lipinski definition) is 1. The van der Waals surface area contributed by atoms with Crippen molar-refractivity contribution in [1.29, 1.82) is 5.26 Å². The van der Waals surface area contributed by atoms with Crippen molar-refractivity contribution in [3.63, 3.8) is 0 Å². The first-order valence-corrected chi connectivity index (χ1v) is 6.84. The Hall–Kier alpha value is -0.498. The summed E-state index contributed by atoms with van der Waals surface area (Å²) in [5.41, 5.74) is 0. The van der Waals surface area contributed by atoms with Crippen molar-refractivity contribution in [2.75, 3.05) is 0 Å². The molecule has 0 atom stereocenters. The summed E-state index contributed by atoms with van der Waals surface area (Å²) >= 11 is 5.35. The van der Waals surface area contributed by atoms with E-state index in [1.807, 2.05) is 0 Å². The molecule has 0 spiro atoms. The van der Waals surface area contributed by atoms with Gasteiger partial charge in [-0.15, -0.1) is 6.07 Å². The van der Waals surface area contributed by atoms with Crippen LogP contribution in [0.15, 0.2) is 0 Å². The molecule has 0 amide bonds. The Morgan fingerprint density at radius 1 is 1.00 bits per heavy atom. The zero-order chi connectivity index (χ0) is 13.3. The van der Waals surface area contributed by atoms with Gasteiger partial charge in [-0.1, -0.05) is 0 Å². The molecular weight excluding hydrogens is 391 g/mol. The van der Waals surface area contributed by atoms with Crippen molar-refractivity contribution >= 4 is 13.4 Å². The van der Waals surface area contributed by atoms with Crippen LogP contribution in [0.3, 0.4) is 0 Å². The summed E-state index contributed by atoms with van der Waals surface area (Å²) in [6.45, 7) is 1.43. The summed E-state index contributed by atoms with van der Waals surface area (Å²) < 4.78 is 59.9. The van der Waals surface area contributed by atoms with E-state index in [0.29, 0.717) is 0 Å². The minimum absolute atomic E-state index is 1.02. The Labute approximate surface area is 106 Å². The van der Waals surface area contributed by atoms with Crippen LogP contribution >= 0.6 is 13.4 Å². The monoisotopic (exact) mass is 393 g/mol. The number of rotatable bonds is 0. The van der Waals surface area contributed by atoms with Gasteiger partial charge in [-0.3, -0.25) is 8.78 Å². The zero-order valence-corrected chi connectivity index (χ0v) is 10.7. The van der Waals surface area contributed by atoms with Crippen LogP contribution in [0.1, 0.15) is 6.92 Å². The molecule has 1 rings (SSSR count). The van der Waals surface area contributed by atoms with Gasteiger partial charge in [-0.05, 0) is 0 Å². The van der Waals surface area contributed by atoms with Crippen LogP contribution in [0.5, 0.6) is 0 Å². The fourth-order valence-corrected chi connectivity index (χ4v) is 0.495. The average molecular weight is 394 g/mol. The molecule has 0 saturated heterocycles. The molecule has 0 saturated carbocycles. The van der Waals surface area contributed by atoms with Gasteiger partial charge in [-0.2, -0.15) is 5.26 Å². The Morgan fingerprint density at radius 3 is 1.50 bits per heavy atom. The third-order valence-electron chi connectivity index (χ3n) is 0.990. The zero-order valence-electron chi connectivity index (χ0n) is 7.53. The van der Waals surface area contributed by atoms with Gasteiger partial charge in [-0.25, -0.2) is 13.2 Å². The van der Waals surface area contributed by atoms with Gasteiger partial charge in [0, 0.05) is 6.92 Å². The van der Waals surface area contributed by atoms with Crippen LogP contribution in [0, 0.1) is 46.5 Å². The molecule has 16 heavy (non-hydrogen) atoms. The molecule has 92 valence electrons. The van der Waals surface area contributed by atoms with Gasteiger partial charge in [0.05, 0.1) is 35.2 Å². The summed E-state index contributed by atoms with van der Waals surface area (Å²) in [5, 5.41) is 7.32. The summed E-state index contributed by atoms with van der Waals surface area (Å²) in [5.74, 6) is -10.0. The van der Waals surface area contributed by atoms with E-state index in [4.69, 9.17) is 5.26 Å². The van der Waals surface area contributed by atoms with E-state index < -0.39 is 29.1 Å². The summed E-state index contributed by atoms with van der Waals surface area (Å²) in [6.07, 6.45) is 0. The Morgan fingerprint density at radius 2 is 1.25 bits per heavy atom. The SMILES string of the molecule is CC#N.Fc1[c-]c(F)c(F)c(F)c1F.[Br][Pd+]. The average Bonchev–Trinajstić information content (AvgIpc) is 2.28. The van der Waals surface area contributed by atoms with Gasteiger partial charge in [0.2, 0.25) is 0 Å². The molecule has 0 aliphatic rings. The minimum atomic E-state index is -2.17. The van der Waals surface area contributed by atoms with Gasteiger partial charge < -0.3 is 0 Å². The summed E-state index contributed by atoms with van der Waals surface area (Å²) in [6, 6.07) is 2.77. The predicted octanol–water partition coefficient (Wildman–Crippen LogP) is 3.56. The van der Waals surface area contributed by atoms with Crippen molar-refractivity contribution in [3.05, 3.63) is 35.2 Å². The quantitative estimate of drug-likeness (QED) is 0.217. The van der Waals surface area contributed by atoms with Crippen LogP contribution in [0.25, 0.3) is 0 Å². The van der Waals surface area contributed by atoms with Crippen molar-refractivity contribution in [3.8, 4) is 6.07 Å². The van der Waals surface area contributed by atoms with Crippen LogP contribution in [0.4, 0.5) is 22.0 Å². The number of hydrogen-bond donors (Lipinski definition) is 0. The number of benzene rings is 1. The molecule has 0 bridgehead atoms. The molecule has 0 N–H and O–H groups in total. The second kappa shape index (κ2) is 9.71. The maximum absolute atomic E-state index is 12.0. The Balaban J connectivity index is 0. The molecule has 0 radical (unpaired) electrons. The number of halogens is 6. The van der Waals surface area contributed by atoms with Crippen molar-refractivity contribution in [2.45, 2.75) is 6.92 Å². The molecule has 1 aromatic carbocycles. The van der Waals surface area contributed by atoms with E-state index in [1.165, 1.54) is 6.92 Å². The number of nitriles is 1. The van der Waals surface area contributed by atoms with Gasteiger partial charge in [0.15, 0.2) is 0 Å². The Bertz CT molecular complexity index is 353. The van der Waals surface area contributed by atoms with Crippen molar-refractivity contribution < 1.29 is 39.1 Å². The molecule has 1 aromatic rings. The molecule has 0 aliphatic heterocycles. The van der Waals surface area contributed by atoms with E-state index in [-0.39, 0.29) is 0 Å². The standard InChI is InChI=1S/C6F5.C2H3N.BrH.Pd/c7-2-1-3(8)5(10)6(11)4(2)9;1-2-3;;/h;1H3;1H;/q-1;;;+2/p-1. The molecule has 0 aliphatic carbocycles.